The topological polar surface area (TPSA) is 20.5 Å². The molecule has 5 aromatic carbocycles. The third-order valence-corrected chi connectivity index (χ3v) is 9.92. The summed E-state index contributed by atoms with van der Waals surface area (Å²) in [6, 6.07) is 43.8. The van der Waals surface area contributed by atoms with E-state index in [0.29, 0.717) is 11.8 Å². The number of rotatable bonds is 8. The van der Waals surface area contributed by atoms with Crippen molar-refractivity contribution in [1.82, 2.24) is 4.57 Å². The fourth-order valence-electron chi connectivity index (χ4n) is 7.39. The highest BCUT2D eigenvalue weighted by molar-refractivity contribution is 6.11. The standard InChI is InChI=1S/C45H41N3/c1-31(2)27-28-47-44-20-12-11-19-41(44)43-30-34(23-26-45(43)47)32(3)46-48(35-13-5-4-6-14-35)36-24-21-33(22-25-36)29-42-39-17-9-7-15-37(39)38-16-8-10-18-40(38)42/h4-15,17-26,29-31,38H,16,27-28H2,1-3H3/b42-29-,46-32-. The summed E-state index contributed by atoms with van der Waals surface area (Å²) >= 11 is 0. The van der Waals surface area contributed by atoms with Crippen LogP contribution < -0.4 is 5.01 Å². The quantitative estimate of drug-likeness (QED) is 0.122. The molecule has 6 aromatic rings. The molecule has 0 radical (unpaired) electrons. The zero-order valence-corrected chi connectivity index (χ0v) is 28.0. The molecule has 0 N–H and O–H groups in total. The van der Waals surface area contributed by atoms with Crippen LogP contribution in [-0.2, 0) is 6.54 Å². The number of aromatic nitrogens is 1. The predicted molar refractivity (Wildman–Crippen MR) is 205 cm³/mol. The lowest BCUT2D eigenvalue weighted by atomic mass is 9.90. The normalized spacial score (nSPS) is 16.5. The van der Waals surface area contributed by atoms with Crippen LogP contribution >= 0.6 is 0 Å². The Morgan fingerprint density at radius 1 is 0.812 bits per heavy atom. The molecular formula is C45H41N3. The molecule has 1 unspecified atom stereocenters. The molecule has 3 heteroatoms. The lowest BCUT2D eigenvalue weighted by molar-refractivity contribution is 0.531. The number of para-hydroxylation sites is 2. The van der Waals surface area contributed by atoms with E-state index in [2.05, 4.69) is 176 Å². The minimum Gasteiger partial charge on any atom is -0.340 e. The van der Waals surface area contributed by atoms with E-state index in [1.807, 2.05) is 0 Å². The first-order chi connectivity index (χ1) is 23.5. The average Bonchev–Trinajstić information content (AvgIpc) is 3.62. The molecule has 0 saturated heterocycles. The van der Waals surface area contributed by atoms with Crippen molar-refractivity contribution in [2.24, 2.45) is 11.0 Å². The number of anilines is 2. The number of nitrogens with zero attached hydrogens (tertiary/aromatic N) is 3. The van der Waals surface area contributed by atoms with Gasteiger partial charge in [0.25, 0.3) is 0 Å². The lowest BCUT2D eigenvalue weighted by Crippen LogP contribution is -2.12. The number of hydrazone groups is 1. The van der Waals surface area contributed by atoms with Crippen molar-refractivity contribution < 1.29 is 0 Å². The molecule has 0 fully saturated rings. The summed E-state index contributed by atoms with van der Waals surface area (Å²) in [5.74, 6) is 1.11. The van der Waals surface area contributed by atoms with Gasteiger partial charge in [0, 0.05) is 34.3 Å². The molecule has 48 heavy (non-hydrogen) atoms. The van der Waals surface area contributed by atoms with E-state index in [0.717, 1.165) is 42.0 Å². The molecule has 2 aliphatic rings. The van der Waals surface area contributed by atoms with Gasteiger partial charge in [-0.25, -0.2) is 5.01 Å². The molecule has 2 aliphatic carbocycles. The maximum Gasteiger partial charge on any atom is 0.0655 e. The number of aryl methyl sites for hydroxylation is 1. The van der Waals surface area contributed by atoms with E-state index in [9.17, 15) is 0 Å². The summed E-state index contributed by atoms with van der Waals surface area (Å²) in [5.41, 5.74) is 13.5. The van der Waals surface area contributed by atoms with Gasteiger partial charge in [-0.15, -0.1) is 0 Å². The third-order valence-electron chi connectivity index (χ3n) is 9.92. The fraction of sp³-hybridized carbons (Fsp3) is 0.178. The van der Waals surface area contributed by atoms with Crippen molar-refractivity contribution in [2.75, 3.05) is 5.01 Å². The van der Waals surface area contributed by atoms with Gasteiger partial charge in [0.1, 0.15) is 0 Å². The Bertz CT molecular complexity index is 2240. The van der Waals surface area contributed by atoms with Crippen LogP contribution in [0.5, 0.6) is 0 Å². The first kappa shape index (κ1) is 30.0. The summed E-state index contributed by atoms with van der Waals surface area (Å²) in [7, 11) is 0. The molecule has 0 spiro atoms. The van der Waals surface area contributed by atoms with Gasteiger partial charge in [0.2, 0.25) is 0 Å². The van der Waals surface area contributed by atoms with Crippen LogP contribution in [0.3, 0.4) is 0 Å². The van der Waals surface area contributed by atoms with Gasteiger partial charge in [0.15, 0.2) is 0 Å². The summed E-state index contributed by atoms with van der Waals surface area (Å²) in [6.45, 7) is 7.73. The Morgan fingerprint density at radius 2 is 1.54 bits per heavy atom. The van der Waals surface area contributed by atoms with Crippen LogP contribution in [0.2, 0.25) is 0 Å². The Hall–Kier alpha value is -5.41. The van der Waals surface area contributed by atoms with Crippen molar-refractivity contribution >= 4 is 50.5 Å². The van der Waals surface area contributed by atoms with Crippen LogP contribution in [0, 0.1) is 5.92 Å². The van der Waals surface area contributed by atoms with E-state index < -0.39 is 0 Å². The molecule has 0 bridgehead atoms. The van der Waals surface area contributed by atoms with Crippen molar-refractivity contribution in [1.29, 1.82) is 0 Å². The number of fused-ring (bicyclic) bond motifs is 6. The van der Waals surface area contributed by atoms with Gasteiger partial charge in [-0.3, -0.25) is 0 Å². The minimum absolute atomic E-state index is 0.457. The summed E-state index contributed by atoms with van der Waals surface area (Å²) in [6.07, 6.45) is 11.4. The van der Waals surface area contributed by atoms with E-state index in [1.54, 1.807) is 0 Å². The van der Waals surface area contributed by atoms with E-state index in [4.69, 9.17) is 5.10 Å². The van der Waals surface area contributed by atoms with Gasteiger partial charge >= 0.3 is 0 Å². The molecule has 0 saturated carbocycles. The molecule has 236 valence electrons. The first-order valence-corrected chi connectivity index (χ1v) is 17.2. The Morgan fingerprint density at radius 3 is 2.38 bits per heavy atom. The molecule has 1 atom stereocenters. The van der Waals surface area contributed by atoms with Crippen LogP contribution in [0.4, 0.5) is 11.4 Å². The highest BCUT2D eigenvalue weighted by Gasteiger charge is 2.31. The van der Waals surface area contributed by atoms with E-state index >= 15 is 0 Å². The van der Waals surface area contributed by atoms with Gasteiger partial charge in [0.05, 0.1) is 17.1 Å². The van der Waals surface area contributed by atoms with Crippen molar-refractivity contribution in [3.63, 3.8) is 0 Å². The first-order valence-electron chi connectivity index (χ1n) is 17.2. The maximum absolute atomic E-state index is 5.27. The largest absolute Gasteiger partial charge is 0.340 e. The Labute approximate surface area is 283 Å². The predicted octanol–water partition coefficient (Wildman–Crippen LogP) is 11.9. The van der Waals surface area contributed by atoms with Crippen LogP contribution in [0.15, 0.2) is 150 Å². The third kappa shape index (κ3) is 5.50. The second-order valence-corrected chi connectivity index (χ2v) is 13.5. The highest BCUT2D eigenvalue weighted by Crippen LogP contribution is 2.49. The summed E-state index contributed by atoms with van der Waals surface area (Å²) in [5, 5.41) is 9.92. The minimum atomic E-state index is 0.457. The molecule has 0 aliphatic heterocycles. The fourth-order valence-corrected chi connectivity index (χ4v) is 7.39. The molecule has 3 nitrogen and oxygen atoms in total. The van der Waals surface area contributed by atoms with Crippen LogP contribution in [0.1, 0.15) is 61.8 Å². The molecular weight excluding hydrogens is 583 g/mol. The Kier molecular flexibility index (Phi) is 7.90. The number of hydrogen-bond donors (Lipinski definition) is 0. The van der Waals surface area contributed by atoms with Gasteiger partial charge in [-0.2, -0.15) is 5.10 Å². The number of allylic oxidation sites excluding steroid dienone is 5. The molecule has 0 amide bonds. The van der Waals surface area contributed by atoms with Crippen LogP contribution in [0.25, 0.3) is 33.5 Å². The zero-order valence-electron chi connectivity index (χ0n) is 28.0. The van der Waals surface area contributed by atoms with E-state index in [1.165, 1.54) is 49.6 Å². The second-order valence-electron chi connectivity index (χ2n) is 13.5. The number of benzene rings is 5. The average molecular weight is 624 g/mol. The van der Waals surface area contributed by atoms with Crippen LogP contribution in [-0.4, -0.2) is 10.3 Å². The van der Waals surface area contributed by atoms with Crippen molar-refractivity contribution in [3.05, 3.63) is 167 Å². The Balaban J connectivity index is 1.15. The summed E-state index contributed by atoms with van der Waals surface area (Å²) < 4.78 is 2.49. The SMILES string of the molecule is C/C(=N/N(c1ccccc1)c1ccc(/C=C2\C3=CC=CCC3c3ccccc32)cc1)c1ccc2c(c1)c1ccccc1n2CCC(C)C. The van der Waals surface area contributed by atoms with Crippen molar-refractivity contribution in [2.45, 2.75) is 46.1 Å². The molecule has 1 aromatic heterocycles. The molecule has 1 heterocycles. The van der Waals surface area contributed by atoms with Gasteiger partial charge in [-0.05, 0) is 108 Å². The molecule has 8 rings (SSSR count). The number of hydrogen-bond acceptors (Lipinski definition) is 2. The smallest absolute Gasteiger partial charge is 0.0655 e. The lowest BCUT2D eigenvalue weighted by Gasteiger charge is -2.21. The maximum atomic E-state index is 5.27. The van der Waals surface area contributed by atoms with Crippen molar-refractivity contribution in [3.8, 4) is 0 Å². The highest BCUT2D eigenvalue weighted by atomic mass is 15.5. The van der Waals surface area contributed by atoms with E-state index in [-0.39, 0.29) is 0 Å². The zero-order chi connectivity index (χ0) is 32.6. The summed E-state index contributed by atoms with van der Waals surface area (Å²) in [4.78, 5) is 0. The van der Waals surface area contributed by atoms with Gasteiger partial charge in [-0.1, -0.05) is 111 Å². The monoisotopic (exact) mass is 623 g/mol. The van der Waals surface area contributed by atoms with Gasteiger partial charge < -0.3 is 4.57 Å². The second kappa shape index (κ2) is 12.7.